The van der Waals surface area contributed by atoms with Gasteiger partial charge in [-0.1, -0.05) is 60.7 Å². The summed E-state index contributed by atoms with van der Waals surface area (Å²) in [6, 6.07) is 61.4. The van der Waals surface area contributed by atoms with Crippen molar-refractivity contribution in [1.82, 2.24) is 9.13 Å². The molecule has 10 rings (SSSR count). The Balaban J connectivity index is 0.000000209. The molecule has 3 heteroatoms. The Labute approximate surface area is 311 Å². The molecule has 2 nitrogen and oxygen atoms in total. The molecule has 0 saturated carbocycles. The molecule has 0 saturated heterocycles. The van der Waals surface area contributed by atoms with E-state index in [1.807, 2.05) is 0 Å². The number of aryl methyl sites for hydroxylation is 2. The number of hydrogen-bond acceptors (Lipinski definition) is 0. The number of nitrogens with zero attached hydrogens (tertiary/aromatic N) is 2. The predicted octanol–water partition coefficient (Wildman–Crippen LogP) is 12.0. The summed E-state index contributed by atoms with van der Waals surface area (Å²) < 4.78 is 5.85. The van der Waals surface area contributed by atoms with Crippen LogP contribution in [0.3, 0.4) is 0 Å². The fourth-order valence-electron chi connectivity index (χ4n) is 7.74. The fourth-order valence-corrected chi connectivity index (χ4v) is 12.7. The SMILES string of the molecule is C1=C(n2ccc3ccccc32)[CH]([Zr][CH]2C(n3ccc4ccccc43)=Cc3ccccc32)c2ccccc21.c1ccc(CCc2ccccc2)cc1. The summed E-state index contributed by atoms with van der Waals surface area (Å²) in [5, 5.41) is 2.60. The third kappa shape index (κ3) is 6.32. The smallest absolute Gasteiger partial charge is 0.0238 e. The third-order valence-electron chi connectivity index (χ3n) is 10.3. The number of rotatable bonds is 7. The van der Waals surface area contributed by atoms with Gasteiger partial charge in [0.05, 0.1) is 0 Å². The van der Waals surface area contributed by atoms with Crippen molar-refractivity contribution >= 4 is 45.4 Å². The first-order valence-corrected chi connectivity index (χ1v) is 20.7. The van der Waals surface area contributed by atoms with E-state index in [1.165, 1.54) is 66.6 Å². The van der Waals surface area contributed by atoms with E-state index in [0.717, 1.165) is 12.8 Å². The van der Waals surface area contributed by atoms with Gasteiger partial charge in [-0.15, -0.1) is 0 Å². The Morgan fingerprint density at radius 1 is 0.392 bits per heavy atom. The van der Waals surface area contributed by atoms with Crippen molar-refractivity contribution in [1.29, 1.82) is 0 Å². The van der Waals surface area contributed by atoms with Crippen molar-refractivity contribution in [3.05, 3.63) is 216 Å². The van der Waals surface area contributed by atoms with Gasteiger partial charge in [-0.25, -0.2) is 0 Å². The van der Waals surface area contributed by atoms with Crippen LogP contribution in [0.5, 0.6) is 0 Å². The minimum absolute atomic E-state index is 0.469. The zero-order chi connectivity index (χ0) is 34.0. The van der Waals surface area contributed by atoms with Crippen LogP contribution in [0, 0.1) is 0 Å². The molecule has 0 spiro atoms. The molecule has 2 unspecified atom stereocenters. The van der Waals surface area contributed by atoms with E-state index >= 15 is 0 Å². The van der Waals surface area contributed by atoms with Crippen LogP contribution in [0.4, 0.5) is 0 Å². The molecular formula is C48H38N2Zr. The zero-order valence-electron chi connectivity index (χ0n) is 28.4. The molecule has 2 aliphatic carbocycles. The van der Waals surface area contributed by atoms with Crippen molar-refractivity contribution in [2.24, 2.45) is 0 Å². The summed E-state index contributed by atoms with van der Waals surface area (Å²) in [6.07, 6.45) is 11.7. The molecular weight excluding hydrogens is 696 g/mol. The van der Waals surface area contributed by atoms with Crippen LogP contribution in [-0.2, 0) is 36.1 Å². The number of benzene rings is 6. The van der Waals surface area contributed by atoms with Gasteiger partial charge in [-0.2, -0.15) is 0 Å². The van der Waals surface area contributed by atoms with Crippen molar-refractivity contribution in [2.45, 2.75) is 20.1 Å². The standard InChI is InChI=1S/2C17H12N.C14H14.Zr/c2*1-2-7-15-12-16(11-14(15)6-1)18-10-9-13-5-3-4-8-17(13)18;1-3-7-13(8-4-1)11-12-14-9-5-2-6-10-14;/h2*1-12H;1-10H,11-12H2;. The van der Waals surface area contributed by atoms with Gasteiger partial charge in [0.15, 0.2) is 0 Å². The summed E-state index contributed by atoms with van der Waals surface area (Å²) >= 11 is -1.09. The van der Waals surface area contributed by atoms with Crippen molar-refractivity contribution < 1.29 is 23.2 Å². The van der Waals surface area contributed by atoms with Crippen molar-refractivity contribution in [2.75, 3.05) is 0 Å². The minimum Gasteiger partial charge on any atom is -0.0622 e. The van der Waals surface area contributed by atoms with E-state index in [4.69, 9.17) is 0 Å². The summed E-state index contributed by atoms with van der Waals surface area (Å²) in [7, 11) is 0. The Morgan fingerprint density at radius 3 is 1.25 bits per heavy atom. The number of allylic oxidation sites excluding steroid dienone is 2. The Bertz CT molecular complexity index is 2340. The molecule has 0 aliphatic heterocycles. The molecule has 2 aromatic heterocycles. The molecule has 244 valence electrons. The predicted molar refractivity (Wildman–Crippen MR) is 211 cm³/mol. The summed E-state index contributed by atoms with van der Waals surface area (Å²) in [4.78, 5) is 0. The average molecular weight is 734 g/mol. The van der Waals surface area contributed by atoms with Gasteiger partial charge < -0.3 is 0 Å². The van der Waals surface area contributed by atoms with Crippen LogP contribution >= 0.6 is 0 Å². The third-order valence-corrected chi connectivity index (χ3v) is 14.9. The zero-order valence-corrected chi connectivity index (χ0v) is 30.9. The maximum atomic E-state index is 2.45. The van der Waals surface area contributed by atoms with E-state index < -0.39 is 23.2 Å². The Morgan fingerprint density at radius 2 is 0.784 bits per heavy atom. The molecule has 2 heterocycles. The monoisotopic (exact) mass is 732 g/mol. The van der Waals surface area contributed by atoms with Gasteiger partial charge in [-0.05, 0) is 24.0 Å². The van der Waals surface area contributed by atoms with E-state index in [2.05, 4.69) is 204 Å². The molecule has 0 fully saturated rings. The van der Waals surface area contributed by atoms with Gasteiger partial charge in [0, 0.05) is 0 Å². The first-order valence-electron chi connectivity index (χ1n) is 17.9. The molecule has 2 atom stereocenters. The molecule has 8 aromatic rings. The van der Waals surface area contributed by atoms with Crippen LogP contribution in [-0.4, -0.2) is 9.13 Å². The van der Waals surface area contributed by atoms with Crippen LogP contribution in [0.25, 0.3) is 45.4 Å². The molecule has 0 N–H and O–H groups in total. The minimum atomic E-state index is -1.09. The van der Waals surface area contributed by atoms with E-state index in [1.54, 1.807) is 0 Å². The Hall–Kier alpha value is -5.24. The molecule has 0 bridgehead atoms. The second kappa shape index (κ2) is 14.2. The van der Waals surface area contributed by atoms with Crippen molar-refractivity contribution in [3.8, 4) is 0 Å². The van der Waals surface area contributed by atoms with E-state index in [0.29, 0.717) is 7.25 Å². The van der Waals surface area contributed by atoms with Crippen LogP contribution in [0.15, 0.2) is 182 Å². The summed E-state index contributed by atoms with van der Waals surface area (Å²) in [5.74, 6) is 0. The largest absolute Gasteiger partial charge is 0.0622 e. The molecule has 0 amide bonds. The maximum absolute atomic E-state index is 2.45. The number of fused-ring (bicyclic) bond motifs is 4. The van der Waals surface area contributed by atoms with Crippen LogP contribution in [0.1, 0.15) is 40.6 Å². The quantitative estimate of drug-likeness (QED) is 0.154. The first kappa shape index (κ1) is 31.7. The second-order valence-corrected chi connectivity index (χ2v) is 17.0. The molecule has 0 radical (unpaired) electrons. The van der Waals surface area contributed by atoms with Gasteiger partial charge in [0.25, 0.3) is 0 Å². The number of para-hydroxylation sites is 2. The topological polar surface area (TPSA) is 9.86 Å². The molecule has 2 aliphatic rings. The average Bonchev–Trinajstić information content (AvgIpc) is 3.98. The van der Waals surface area contributed by atoms with Gasteiger partial charge >= 0.3 is 229 Å². The number of aromatic nitrogens is 2. The molecule has 51 heavy (non-hydrogen) atoms. The Kier molecular flexibility index (Phi) is 8.82. The van der Waals surface area contributed by atoms with Gasteiger partial charge in [-0.3, -0.25) is 0 Å². The van der Waals surface area contributed by atoms with Crippen molar-refractivity contribution in [3.63, 3.8) is 0 Å². The van der Waals surface area contributed by atoms with Crippen LogP contribution in [0.2, 0.25) is 0 Å². The maximum Gasteiger partial charge on any atom is -0.0238 e. The van der Waals surface area contributed by atoms with Gasteiger partial charge in [0.2, 0.25) is 0 Å². The summed E-state index contributed by atoms with van der Waals surface area (Å²) in [5.41, 5.74) is 14.1. The van der Waals surface area contributed by atoms with E-state index in [-0.39, 0.29) is 0 Å². The first-order chi connectivity index (χ1) is 25.3. The normalized spacial score (nSPS) is 15.8. The fraction of sp³-hybridized carbons (Fsp3) is 0.0833. The van der Waals surface area contributed by atoms with E-state index in [9.17, 15) is 0 Å². The van der Waals surface area contributed by atoms with Gasteiger partial charge in [0.1, 0.15) is 0 Å². The number of hydrogen-bond donors (Lipinski definition) is 0. The molecule has 6 aromatic carbocycles. The van der Waals surface area contributed by atoms with Crippen LogP contribution < -0.4 is 0 Å². The second-order valence-electron chi connectivity index (χ2n) is 13.4. The summed E-state index contributed by atoms with van der Waals surface area (Å²) in [6.45, 7) is 0.